The molecule has 0 aromatic rings. The Bertz CT molecular complexity index is 96.1. The van der Waals surface area contributed by atoms with Gasteiger partial charge in [0.05, 0.1) is 11.7 Å². The Morgan fingerprint density at radius 1 is 1.62 bits per heavy atom. The fourth-order valence-electron chi connectivity index (χ4n) is 0.362. The molecule has 0 saturated carbocycles. The van der Waals surface area contributed by atoms with Crippen molar-refractivity contribution < 1.29 is 5.11 Å². The van der Waals surface area contributed by atoms with E-state index in [1.807, 2.05) is 6.07 Å². The van der Waals surface area contributed by atoms with E-state index in [4.69, 9.17) is 10.4 Å². The van der Waals surface area contributed by atoms with Gasteiger partial charge in [0.1, 0.15) is 0 Å². The SMILES string of the molecule is CC(C)(O)CCC#N. The van der Waals surface area contributed by atoms with Crippen LogP contribution in [0.25, 0.3) is 0 Å². The van der Waals surface area contributed by atoms with Crippen molar-refractivity contribution in [2.75, 3.05) is 0 Å². The van der Waals surface area contributed by atoms with Crippen LogP contribution in [0.3, 0.4) is 0 Å². The highest BCUT2D eigenvalue weighted by Gasteiger charge is 2.10. The van der Waals surface area contributed by atoms with Crippen molar-refractivity contribution >= 4 is 0 Å². The van der Waals surface area contributed by atoms with Gasteiger partial charge in [0.15, 0.2) is 0 Å². The number of nitriles is 1. The number of rotatable bonds is 2. The smallest absolute Gasteiger partial charge is 0.0622 e. The topological polar surface area (TPSA) is 44.0 Å². The van der Waals surface area contributed by atoms with Crippen LogP contribution in [0.2, 0.25) is 0 Å². The molecule has 8 heavy (non-hydrogen) atoms. The predicted molar refractivity (Wildman–Crippen MR) is 31.1 cm³/mol. The molecule has 0 unspecified atom stereocenters. The molecular formula is C6H11NO. The minimum Gasteiger partial charge on any atom is -0.390 e. The second kappa shape index (κ2) is 2.68. The highest BCUT2D eigenvalue weighted by Crippen LogP contribution is 2.08. The standard InChI is InChI=1S/C6H11NO/c1-6(2,8)4-3-5-7/h8H,3-4H2,1-2H3. The van der Waals surface area contributed by atoms with Crippen molar-refractivity contribution in [2.45, 2.75) is 32.3 Å². The van der Waals surface area contributed by atoms with Crippen LogP contribution in [0.15, 0.2) is 0 Å². The maximum Gasteiger partial charge on any atom is 0.0622 e. The molecule has 0 atom stereocenters. The van der Waals surface area contributed by atoms with Crippen LogP contribution < -0.4 is 0 Å². The van der Waals surface area contributed by atoms with Crippen molar-refractivity contribution in [3.63, 3.8) is 0 Å². The summed E-state index contributed by atoms with van der Waals surface area (Å²) >= 11 is 0. The van der Waals surface area contributed by atoms with Gasteiger partial charge in [0.2, 0.25) is 0 Å². The molecule has 0 aliphatic carbocycles. The zero-order valence-electron chi connectivity index (χ0n) is 5.31. The first-order chi connectivity index (χ1) is 3.56. The van der Waals surface area contributed by atoms with Crippen LogP contribution in [0.5, 0.6) is 0 Å². The van der Waals surface area contributed by atoms with Gasteiger partial charge >= 0.3 is 0 Å². The van der Waals surface area contributed by atoms with E-state index >= 15 is 0 Å². The van der Waals surface area contributed by atoms with Gasteiger partial charge in [0.25, 0.3) is 0 Å². The quantitative estimate of drug-likeness (QED) is 0.582. The van der Waals surface area contributed by atoms with E-state index in [-0.39, 0.29) is 0 Å². The third-order valence-electron chi connectivity index (χ3n) is 0.849. The van der Waals surface area contributed by atoms with Crippen molar-refractivity contribution in [2.24, 2.45) is 0 Å². The minimum absolute atomic E-state index is 0.434. The average Bonchev–Trinajstić information content (AvgIpc) is 1.59. The first kappa shape index (κ1) is 7.45. The van der Waals surface area contributed by atoms with Crippen molar-refractivity contribution in [3.8, 4) is 6.07 Å². The number of hydrogen-bond acceptors (Lipinski definition) is 2. The predicted octanol–water partition coefficient (Wildman–Crippen LogP) is 1.06. The van der Waals surface area contributed by atoms with E-state index in [1.165, 1.54) is 0 Å². The highest BCUT2D eigenvalue weighted by atomic mass is 16.3. The lowest BCUT2D eigenvalue weighted by atomic mass is 10.0. The third kappa shape index (κ3) is 5.45. The number of aliphatic hydroxyl groups is 1. The summed E-state index contributed by atoms with van der Waals surface area (Å²) in [5.74, 6) is 0. The lowest BCUT2D eigenvalue weighted by Crippen LogP contribution is -2.17. The zero-order chi connectivity index (χ0) is 6.62. The number of nitrogens with zero attached hydrogens (tertiary/aromatic N) is 1. The van der Waals surface area contributed by atoms with Crippen LogP contribution >= 0.6 is 0 Å². The van der Waals surface area contributed by atoms with Crippen LogP contribution in [0.4, 0.5) is 0 Å². The molecular weight excluding hydrogens is 102 g/mol. The normalized spacial score (nSPS) is 10.8. The average molecular weight is 113 g/mol. The Hall–Kier alpha value is -0.550. The van der Waals surface area contributed by atoms with Crippen LogP contribution in [0, 0.1) is 11.3 Å². The second-order valence-electron chi connectivity index (χ2n) is 2.47. The molecule has 1 N–H and O–H groups in total. The Morgan fingerprint density at radius 3 is 2.25 bits per heavy atom. The monoisotopic (exact) mass is 113 g/mol. The van der Waals surface area contributed by atoms with E-state index in [0.29, 0.717) is 12.8 Å². The molecule has 0 aliphatic rings. The molecule has 0 aromatic carbocycles. The molecule has 0 radical (unpaired) electrons. The molecule has 0 bridgehead atoms. The van der Waals surface area contributed by atoms with E-state index in [2.05, 4.69) is 0 Å². The summed E-state index contributed by atoms with van der Waals surface area (Å²) in [7, 11) is 0. The summed E-state index contributed by atoms with van der Waals surface area (Å²) in [4.78, 5) is 0. The van der Waals surface area contributed by atoms with Gasteiger partial charge in [-0.2, -0.15) is 5.26 Å². The summed E-state index contributed by atoms with van der Waals surface area (Å²) in [5, 5.41) is 17.1. The fourth-order valence-corrected chi connectivity index (χ4v) is 0.362. The van der Waals surface area contributed by atoms with Gasteiger partial charge in [0, 0.05) is 6.42 Å². The number of hydrogen-bond donors (Lipinski definition) is 1. The summed E-state index contributed by atoms with van der Waals surface area (Å²) in [6.07, 6.45) is 0.993. The summed E-state index contributed by atoms with van der Waals surface area (Å²) in [6.45, 7) is 3.40. The molecule has 0 amide bonds. The molecule has 0 fully saturated rings. The molecule has 2 heteroatoms. The third-order valence-corrected chi connectivity index (χ3v) is 0.849. The molecule has 0 aromatic heterocycles. The summed E-state index contributed by atoms with van der Waals surface area (Å²) < 4.78 is 0. The molecule has 0 spiro atoms. The largest absolute Gasteiger partial charge is 0.390 e. The molecule has 0 rings (SSSR count). The summed E-state index contributed by atoms with van der Waals surface area (Å²) in [6, 6.07) is 1.96. The van der Waals surface area contributed by atoms with Crippen LogP contribution in [0.1, 0.15) is 26.7 Å². The maximum atomic E-state index is 9.00. The van der Waals surface area contributed by atoms with Gasteiger partial charge in [-0.25, -0.2) is 0 Å². The Kier molecular flexibility index (Phi) is 2.50. The molecule has 0 saturated heterocycles. The van der Waals surface area contributed by atoms with Gasteiger partial charge < -0.3 is 5.11 Å². The molecule has 2 nitrogen and oxygen atoms in total. The fraction of sp³-hybridized carbons (Fsp3) is 0.833. The zero-order valence-corrected chi connectivity index (χ0v) is 5.31. The van der Waals surface area contributed by atoms with Crippen LogP contribution in [-0.4, -0.2) is 10.7 Å². The van der Waals surface area contributed by atoms with Crippen LogP contribution in [-0.2, 0) is 0 Å². The lowest BCUT2D eigenvalue weighted by Gasteiger charge is -2.13. The van der Waals surface area contributed by atoms with Gasteiger partial charge in [-0.15, -0.1) is 0 Å². The lowest BCUT2D eigenvalue weighted by molar-refractivity contribution is 0.0726. The van der Waals surface area contributed by atoms with Crippen molar-refractivity contribution in [3.05, 3.63) is 0 Å². The van der Waals surface area contributed by atoms with Gasteiger partial charge in [-0.3, -0.25) is 0 Å². The van der Waals surface area contributed by atoms with Gasteiger partial charge in [-0.1, -0.05) is 0 Å². The molecule has 0 aliphatic heterocycles. The maximum absolute atomic E-state index is 9.00. The van der Waals surface area contributed by atoms with E-state index in [9.17, 15) is 0 Å². The van der Waals surface area contributed by atoms with Gasteiger partial charge in [-0.05, 0) is 20.3 Å². The van der Waals surface area contributed by atoms with Crippen molar-refractivity contribution in [1.29, 1.82) is 5.26 Å². The van der Waals surface area contributed by atoms with Crippen molar-refractivity contribution in [1.82, 2.24) is 0 Å². The minimum atomic E-state index is -0.671. The summed E-state index contributed by atoms with van der Waals surface area (Å²) in [5.41, 5.74) is -0.671. The van der Waals surface area contributed by atoms with E-state index in [0.717, 1.165) is 0 Å². The van der Waals surface area contributed by atoms with E-state index in [1.54, 1.807) is 13.8 Å². The Morgan fingerprint density at radius 2 is 2.12 bits per heavy atom. The molecule has 46 valence electrons. The first-order valence-electron chi connectivity index (χ1n) is 2.65. The second-order valence-corrected chi connectivity index (χ2v) is 2.47. The highest BCUT2D eigenvalue weighted by molar-refractivity contribution is 4.75. The van der Waals surface area contributed by atoms with E-state index < -0.39 is 5.60 Å². The molecule has 0 heterocycles. The first-order valence-corrected chi connectivity index (χ1v) is 2.65. The Labute approximate surface area is 49.8 Å². The Balaban J connectivity index is 3.28.